The fourth-order valence-corrected chi connectivity index (χ4v) is 7.29. The van der Waals surface area contributed by atoms with E-state index in [0.29, 0.717) is 24.5 Å². The maximum atomic E-state index is 14.0. The van der Waals surface area contributed by atoms with Gasteiger partial charge in [0.2, 0.25) is 15.9 Å². The van der Waals surface area contributed by atoms with Gasteiger partial charge in [0.1, 0.15) is 0 Å². The first-order valence-corrected chi connectivity index (χ1v) is 15.0. The number of amides is 1. The monoisotopic (exact) mass is 547 g/mol. The van der Waals surface area contributed by atoms with Gasteiger partial charge in [0.25, 0.3) is 0 Å². The topological polar surface area (TPSA) is 79.0 Å². The molecule has 2 fully saturated rings. The Kier molecular flexibility index (Phi) is 8.19. The second-order valence-electron chi connectivity index (χ2n) is 10.9. The highest BCUT2D eigenvalue weighted by molar-refractivity contribution is 7.89. The van der Waals surface area contributed by atoms with Crippen molar-refractivity contribution in [2.45, 2.75) is 49.6 Å². The average Bonchev–Trinajstić information content (AvgIpc) is 2.92. The number of aryl methyl sites for hydroxylation is 2. The van der Waals surface area contributed by atoms with Gasteiger partial charge in [-0.3, -0.25) is 9.69 Å². The van der Waals surface area contributed by atoms with Crippen LogP contribution in [0.15, 0.2) is 83.8 Å². The third-order valence-electron chi connectivity index (χ3n) is 7.70. The highest BCUT2D eigenvalue weighted by atomic mass is 32.2. The molecule has 0 radical (unpaired) electrons. The molecule has 0 aliphatic carbocycles. The van der Waals surface area contributed by atoms with Gasteiger partial charge < -0.3 is 10.1 Å². The quantitative estimate of drug-likeness (QED) is 0.474. The summed E-state index contributed by atoms with van der Waals surface area (Å²) in [4.78, 5) is 15.2. The van der Waals surface area contributed by atoms with Crippen LogP contribution in [0.2, 0.25) is 0 Å². The fraction of sp³-hybridized carbons (Fsp3) is 0.387. The fourth-order valence-electron chi connectivity index (χ4n) is 5.60. The minimum Gasteiger partial charge on any atom is -0.371 e. The summed E-state index contributed by atoms with van der Waals surface area (Å²) in [6.07, 6.45) is 2.16. The number of hydrogen-bond acceptors (Lipinski definition) is 5. The molecule has 7 nitrogen and oxygen atoms in total. The van der Waals surface area contributed by atoms with E-state index in [-0.39, 0.29) is 25.0 Å². The number of anilines is 1. The maximum absolute atomic E-state index is 14.0. The lowest BCUT2D eigenvalue weighted by atomic mass is 9.90. The van der Waals surface area contributed by atoms with E-state index in [0.717, 1.165) is 41.8 Å². The van der Waals surface area contributed by atoms with Crippen LogP contribution in [0.25, 0.3) is 0 Å². The molecule has 3 aromatic carbocycles. The van der Waals surface area contributed by atoms with E-state index in [1.165, 1.54) is 0 Å². The number of morpholine rings is 1. The van der Waals surface area contributed by atoms with E-state index in [1.54, 1.807) is 16.4 Å². The molecule has 0 bridgehead atoms. The zero-order valence-electron chi connectivity index (χ0n) is 22.7. The number of sulfonamides is 1. The van der Waals surface area contributed by atoms with Crippen LogP contribution in [-0.2, 0) is 26.0 Å². The summed E-state index contributed by atoms with van der Waals surface area (Å²) >= 11 is 0. The van der Waals surface area contributed by atoms with E-state index in [4.69, 9.17) is 4.74 Å². The van der Waals surface area contributed by atoms with E-state index in [1.807, 2.05) is 80.6 Å². The molecule has 2 aliphatic heterocycles. The van der Waals surface area contributed by atoms with Crippen molar-refractivity contribution in [2.24, 2.45) is 0 Å². The first-order valence-electron chi connectivity index (χ1n) is 13.6. The zero-order chi connectivity index (χ0) is 27.5. The SMILES string of the molecule is Cc1ccc(NC(=O)CN2CCC[C@@]3(C2)CN(S(=O)(=O)c2ccc(C)cc2)[C@@H](Cc2ccccc2)CO3)cc1. The summed E-state index contributed by atoms with van der Waals surface area (Å²) in [5, 5.41) is 2.97. The molecule has 0 unspecified atom stereocenters. The van der Waals surface area contributed by atoms with Gasteiger partial charge in [-0.1, -0.05) is 65.7 Å². The molecule has 1 N–H and O–H groups in total. The van der Waals surface area contributed by atoms with E-state index in [2.05, 4.69) is 10.2 Å². The van der Waals surface area contributed by atoms with Crippen molar-refractivity contribution >= 4 is 21.6 Å². The largest absolute Gasteiger partial charge is 0.371 e. The number of hydrogen-bond donors (Lipinski definition) is 1. The van der Waals surface area contributed by atoms with E-state index < -0.39 is 15.6 Å². The number of nitrogens with one attached hydrogen (secondary N) is 1. The Bertz CT molecular complexity index is 1380. The second-order valence-corrected chi connectivity index (χ2v) is 12.8. The van der Waals surface area contributed by atoms with Crippen molar-refractivity contribution in [1.82, 2.24) is 9.21 Å². The summed E-state index contributed by atoms with van der Waals surface area (Å²) in [6.45, 7) is 6.04. The summed E-state index contributed by atoms with van der Waals surface area (Å²) in [6, 6.07) is 24.4. The number of piperidine rings is 1. The highest BCUT2D eigenvalue weighted by Crippen LogP contribution is 2.35. The molecule has 39 heavy (non-hydrogen) atoms. The maximum Gasteiger partial charge on any atom is 0.243 e. The van der Waals surface area contributed by atoms with Crippen molar-refractivity contribution in [3.05, 3.63) is 95.6 Å². The van der Waals surface area contributed by atoms with Crippen molar-refractivity contribution in [2.75, 3.05) is 38.1 Å². The van der Waals surface area contributed by atoms with Crippen molar-refractivity contribution < 1.29 is 17.9 Å². The molecule has 206 valence electrons. The van der Waals surface area contributed by atoms with Gasteiger partial charge in [0.05, 0.1) is 29.7 Å². The van der Waals surface area contributed by atoms with Crippen molar-refractivity contribution in [3.63, 3.8) is 0 Å². The molecule has 2 atom stereocenters. The minimum atomic E-state index is -3.75. The van der Waals surface area contributed by atoms with Gasteiger partial charge >= 0.3 is 0 Å². The molecule has 1 amide bonds. The minimum absolute atomic E-state index is 0.0854. The molecule has 0 aromatic heterocycles. The number of ether oxygens (including phenoxy) is 1. The van der Waals surface area contributed by atoms with Gasteiger partial charge in [0.15, 0.2) is 0 Å². The highest BCUT2D eigenvalue weighted by Gasteiger charge is 2.47. The molecular weight excluding hydrogens is 510 g/mol. The Morgan fingerprint density at radius 2 is 1.62 bits per heavy atom. The van der Waals surface area contributed by atoms with Crippen LogP contribution in [0.1, 0.15) is 29.5 Å². The molecule has 0 saturated carbocycles. The van der Waals surface area contributed by atoms with Crippen LogP contribution in [0, 0.1) is 13.8 Å². The lowest BCUT2D eigenvalue weighted by Gasteiger charge is -2.50. The molecule has 5 rings (SSSR count). The van der Waals surface area contributed by atoms with Crippen LogP contribution in [0.3, 0.4) is 0 Å². The predicted octanol–water partition coefficient (Wildman–Crippen LogP) is 4.41. The van der Waals surface area contributed by atoms with Gasteiger partial charge in [-0.25, -0.2) is 8.42 Å². The first kappa shape index (κ1) is 27.5. The predicted molar refractivity (Wildman–Crippen MR) is 153 cm³/mol. The molecule has 2 aliphatic rings. The van der Waals surface area contributed by atoms with Gasteiger partial charge in [-0.15, -0.1) is 0 Å². The molecule has 2 saturated heterocycles. The number of nitrogens with zero attached hydrogens (tertiary/aromatic N) is 2. The first-order chi connectivity index (χ1) is 18.7. The number of likely N-dealkylation sites (tertiary alicyclic amines) is 1. The Morgan fingerprint density at radius 1 is 0.949 bits per heavy atom. The van der Waals surface area contributed by atoms with Crippen molar-refractivity contribution in [1.29, 1.82) is 0 Å². The van der Waals surface area contributed by atoms with Gasteiger partial charge in [-0.2, -0.15) is 4.31 Å². The number of carbonyl (C=O) groups is 1. The van der Waals surface area contributed by atoms with Crippen LogP contribution < -0.4 is 5.32 Å². The van der Waals surface area contributed by atoms with Crippen molar-refractivity contribution in [3.8, 4) is 0 Å². The smallest absolute Gasteiger partial charge is 0.243 e. The lowest BCUT2D eigenvalue weighted by Crippen LogP contribution is -2.64. The molecule has 1 spiro atoms. The summed E-state index contributed by atoms with van der Waals surface area (Å²) in [7, 11) is -3.75. The van der Waals surface area contributed by atoms with Crippen LogP contribution in [-0.4, -0.2) is 68.0 Å². The van der Waals surface area contributed by atoms with Crippen LogP contribution >= 0.6 is 0 Å². The summed E-state index contributed by atoms with van der Waals surface area (Å²) in [5.41, 5.74) is 3.33. The molecular formula is C31H37N3O4S. The van der Waals surface area contributed by atoms with Crippen LogP contribution in [0.5, 0.6) is 0 Å². The third kappa shape index (κ3) is 6.58. The Balaban J connectivity index is 1.34. The van der Waals surface area contributed by atoms with Gasteiger partial charge in [0, 0.05) is 18.8 Å². The van der Waals surface area contributed by atoms with Crippen LogP contribution in [0.4, 0.5) is 5.69 Å². The number of benzene rings is 3. The Hall–Kier alpha value is -3.04. The Labute approximate surface area is 231 Å². The van der Waals surface area contributed by atoms with E-state index in [9.17, 15) is 13.2 Å². The molecule has 2 heterocycles. The normalized spacial score (nSPS) is 22.6. The number of carbonyl (C=O) groups excluding carboxylic acids is 1. The Morgan fingerprint density at radius 3 is 2.31 bits per heavy atom. The van der Waals surface area contributed by atoms with E-state index >= 15 is 0 Å². The third-order valence-corrected chi connectivity index (χ3v) is 9.61. The molecule has 8 heteroatoms. The number of rotatable bonds is 7. The molecule has 3 aromatic rings. The summed E-state index contributed by atoms with van der Waals surface area (Å²) in [5.74, 6) is -0.0854. The lowest BCUT2D eigenvalue weighted by molar-refractivity contribution is -0.144. The van der Waals surface area contributed by atoms with Gasteiger partial charge in [-0.05, 0) is 69.5 Å². The standard InChI is InChI=1S/C31H37N3O4S/c1-24-9-13-27(14-10-24)32-30(35)20-33-18-6-17-31(22-33)23-34(39(36,37)29-15-11-25(2)12-16-29)28(21-38-31)19-26-7-4-3-5-8-26/h3-5,7-16,28H,6,17-23H2,1-2H3,(H,32,35)/t28-,31+/m0/s1. The summed E-state index contributed by atoms with van der Waals surface area (Å²) < 4.78 is 36.2. The average molecular weight is 548 g/mol. The zero-order valence-corrected chi connectivity index (χ0v) is 23.5. The second kappa shape index (κ2) is 11.6.